The maximum absolute atomic E-state index is 11.5. The molecule has 0 N–H and O–H groups in total. The molecule has 0 aliphatic carbocycles. The van der Waals surface area contributed by atoms with Crippen molar-refractivity contribution in [1.29, 1.82) is 0 Å². The standard InChI is InChI=1S/C15H18O2/c1-3-14(16)10-11-15(17)9-8-13-7-5-4-6-12(13)2/h4-9H,3,10-11H2,1-2H3/b9-8+. The Balaban J connectivity index is 2.51. The van der Waals surface area contributed by atoms with Gasteiger partial charge >= 0.3 is 0 Å². The van der Waals surface area contributed by atoms with E-state index in [0.29, 0.717) is 19.3 Å². The second-order valence-corrected chi connectivity index (χ2v) is 4.05. The molecule has 2 nitrogen and oxygen atoms in total. The van der Waals surface area contributed by atoms with Crippen LogP contribution >= 0.6 is 0 Å². The number of hydrogen-bond donors (Lipinski definition) is 0. The van der Waals surface area contributed by atoms with Gasteiger partial charge in [0.15, 0.2) is 5.78 Å². The van der Waals surface area contributed by atoms with E-state index < -0.39 is 0 Å². The zero-order chi connectivity index (χ0) is 12.7. The van der Waals surface area contributed by atoms with Gasteiger partial charge in [0, 0.05) is 19.3 Å². The summed E-state index contributed by atoms with van der Waals surface area (Å²) in [6.07, 6.45) is 4.55. The van der Waals surface area contributed by atoms with Gasteiger partial charge < -0.3 is 0 Å². The summed E-state index contributed by atoms with van der Waals surface area (Å²) in [5, 5.41) is 0. The van der Waals surface area contributed by atoms with E-state index in [1.807, 2.05) is 44.2 Å². The van der Waals surface area contributed by atoms with Gasteiger partial charge in [0.2, 0.25) is 0 Å². The van der Waals surface area contributed by atoms with Crippen molar-refractivity contribution in [3.63, 3.8) is 0 Å². The lowest BCUT2D eigenvalue weighted by Gasteiger charge is -1.98. The molecule has 0 heterocycles. The SMILES string of the molecule is CCC(=O)CCC(=O)/C=C/c1ccccc1C. The third kappa shape index (κ3) is 4.77. The van der Waals surface area contributed by atoms with Crippen LogP contribution in [0.5, 0.6) is 0 Å². The van der Waals surface area contributed by atoms with Crippen LogP contribution in [0.2, 0.25) is 0 Å². The minimum atomic E-state index is 0.00931. The Morgan fingerprint density at radius 1 is 1.18 bits per heavy atom. The molecule has 2 heteroatoms. The lowest BCUT2D eigenvalue weighted by Crippen LogP contribution is -2.00. The van der Waals surface area contributed by atoms with Gasteiger partial charge in [-0.15, -0.1) is 0 Å². The Morgan fingerprint density at radius 2 is 1.88 bits per heavy atom. The summed E-state index contributed by atoms with van der Waals surface area (Å²) in [5.74, 6) is 0.151. The smallest absolute Gasteiger partial charge is 0.156 e. The van der Waals surface area contributed by atoms with Gasteiger partial charge in [-0.25, -0.2) is 0 Å². The summed E-state index contributed by atoms with van der Waals surface area (Å²) in [6.45, 7) is 3.82. The van der Waals surface area contributed by atoms with Crippen LogP contribution in [-0.2, 0) is 9.59 Å². The van der Waals surface area contributed by atoms with Crippen molar-refractivity contribution < 1.29 is 9.59 Å². The summed E-state index contributed by atoms with van der Waals surface area (Å²) in [7, 11) is 0. The minimum Gasteiger partial charge on any atom is -0.300 e. The molecular weight excluding hydrogens is 212 g/mol. The second-order valence-electron chi connectivity index (χ2n) is 4.05. The summed E-state index contributed by atoms with van der Waals surface area (Å²) >= 11 is 0. The summed E-state index contributed by atoms with van der Waals surface area (Å²) in [5.41, 5.74) is 2.18. The fraction of sp³-hybridized carbons (Fsp3) is 0.333. The number of ketones is 2. The van der Waals surface area contributed by atoms with Crippen molar-refractivity contribution in [2.75, 3.05) is 0 Å². The van der Waals surface area contributed by atoms with Crippen LogP contribution < -0.4 is 0 Å². The molecule has 0 atom stereocenters. The number of benzene rings is 1. The Labute approximate surface area is 102 Å². The molecule has 0 saturated carbocycles. The Bertz CT molecular complexity index is 430. The van der Waals surface area contributed by atoms with E-state index in [0.717, 1.165) is 11.1 Å². The van der Waals surface area contributed by atoms with Crippen LogP contribution in [0.25, 0.3) is 6.08 Å². The van der Waals surface area contributed by atoms with Crippen molar-refractivity contribution >= 4 is 17.6 Å². The first kappa shape index (κ1) is 13.4. The highest BCUT2D eigenvalue weighted by atomic mass is 16.1. The normalized spacial score (nSPS) is 10.7. The van der Waals surface area contributed by atoms with Gasteiger partial charge in [-0.3, -0.25) is 9.59 Å². The minimum absolute atomic E-state index is 0.00931. The van der Waals surface area contributed by atoms with Gasteiger partial charge in [0.1, 0.15) is 5.78 Å². The molecule has 0 unspecified atom stereocenters. The first-order chi connectivity index (χ1) is 8.13. The Hall–Kier alpha value is -1.70. The molecule has 1 aromatic carbocycles. The summed E-state index contributed by atoms with van der Waals surface area (Å²) in [4.78, 5) is 22.6. The number of allylic oxidation sites excluding steroid dienone is 1. The molecule has 17 heavy (non-hydrogen) atoms. The first-order valence-electron chi connectivity index (χ1n) is 5.91. The summed E-state index contributed by atoms with van der Waals surface area (Å²) in [6, 6.07) is 7.88. The van der Waals surface area contributed by atoms with E-state index >= 15 is 0 Å². The van der Waals surface area contributed by atoms with Gasteiger partial charge in [0.05, 0.1) is 0 Å². The molecule has 0 amide bonds. The molecule has 0 radical (unpaired) electrons. The predicted molar refractivity (Wildman–Crippen MR) is 69.8 cm³/mol. The summed E-state index contributed by atoms with van der Waals surface area (Å²) < 4.78 is 0. The van der Waals surface area contributed by atoms with Gasteiger partial charge in [-0.05, 0) is 24.1 Å². The van der Waals surface area contributed by atoms with Crippen molar-refractivity contribution in [3.05, 3.63) is 41.5 Å². The fourth-order valence-corrected chi connectivity index (χ4v) is 1.48. The van der Waals surface area contributed by atoms with Crippen LogP contribution in [0.1, 0.15) is 37.3 Å². The zero-order valence-corrected chi connectivity index (χ0v) is 10.4. The number of rotatable bonds is 6. The third-order valence-corrected chi connectivity index (χ3v) is 2.68. The molecule has 0 fully saturated rings. The number of Topliss-reactive ketones (excluding diaryl/α,β-unsaturated/α-hetero) is 1. The molecular formula is C15H18O2. The highest BCUT2D eigenvalue weighted by molar-refractivity contribution is 5.96. The van der Waals surface area contributed by atoms with Gasteiger partial charge in [0.25, 0.3) is 0 Å². The number of aryl methyl sites for hydroxylation is 1. The average Bonchev–Trinajstić information content (AvgIpc) is 2.35. The molecule has 0 aliphatic heterocycles. The van der Waals surface area contributed by atoms with Crippen molar-refractivity contribution in [1.82, 2.24) is 0 Å². The van der Waals surface area contributed by atoms with Crippen molar-refractivity contribution in [2.45, 2.75) is 33.1 Å². The highest BCUT2D eigenvalue weighted by Crippen LogP contribution is 2.09. The third-order valence-electron chi connectivity index (χ3n) is 2.68. The van der Waals surface area contributed by atoms with E-state index in [4.69, 9.17) is 0 Å². The topological polar surface area (TPSA) is 34.1 Å². The Kier molecular flexibility index (Phi) is 5.34. The number of hydrogen-bond acceptors (Lipinski definition) is 2. The number of carbonyl (C=O) groups is 2. The van der Waals surface area contributed by atoms with E-state index in [2.05, 4.69) is 0 Å². The molecule has 90 valence electrons. The fourth-order valence-electron chi connectivity index (χ4n) is 1.48. The Morgan fingerprint density at radius 3 is 2.53 bits per heavy atom. The van der Waals surface area contributed by atoms with E-state index in [1.165, 1.54) is 0 Å². The molecule has 0 saturated heterocycles. The quantitative estimate of drug-likeness (QED) is 0.702. The maximum atomic E-state index is 11.5. The second kappa shape index (κ2) is 6.79. The van der Waals surface area contributed by atoms with Crippen LogP contribution in [0.3, 0.4) is 0 Å². The zero-order valence-electron chi connectivity index (χ0n) is 10.4. The predicted octanol–water partition coefficient (Wildman–Crippen LogP) is 3.34. The van der Waals surface area contributed by atoms with Gasteiger partial charge in [-0.1, -0.05) is 37.3 Å². The lowest BCUT2D eigenvalue weighted by molar-refractivity contribution is -0.122. The van der Waals surface area contributed by atoms with Gasteiger partial charge in [-0.2, -0.15) is 0 Å². The molecule has 0 bridgehead atoms. The lowest BCUT2D eigenvalue weighted by atomic mass is 10.1. The van der Waals surface area contributed by atoms with Crippen LogP contribution in [-0.4, -0.2) is 11.6 Å². The largest absolute Gasteiger partial charge is 0.300 e. The van der Waals surface area contributed by atoms with E-state index in [-0.39, 0.29) is 11.6 Å². The van der Waals surface area contributed by atoms with Crippen molar-refractivity contribution in [3.8, 4) is 0 Å². The van der Waals surface area contributed by atoms with Crippen LogP contribution in [0, 0.1) is 6.92 Å². The molecule has 1 aromatic rings. The highest BCUT2D eigenvalue weighted by Gasteiger charge is 2.02. The first-order valence-corrected chi connectivity index (χ1v) is 5.91. The average molecular weight is 230 g/mol. The number of carbonyl (C=O) groups excluding carboxylic acids is 2. The van der Waals surface area contributed by atoms with Crippen LogP contribution in [0.4, 0.5) is 0 Å². The maximum Gasteiger partial charge on any atom is 0.156 e. The molecule has 0 aliphatic rings. The van der Waals surface area contributed by atoms with E-state index in [1.54, 1.807) is 6.08 Å². The van der Waals surface area contributed by atoms with Crippen molar-refractivity contribution in [2.24, 2.45) is 0 Å². The van der Waals surface area contributed by atoms with Crippen LogP contribution in [0.15, 0.2) is 30.3 Å². The molecule has 0 aromatic heterocycles. The van der Waals surface area contributed by atoms with E-state index in [9.17, 15) is 9.59 Å². The molecule has 1 rings (SSSR count). The monoisotopic (exact) mass is 230 g/mol. The molecule has 0 spiro atoms.